The number of aromatic nitrogens is 2. The highest BCUT2D eigenvalue weighted by Crippen LogP contribution is 2.22. The maximum Gasteiger partial charge on any atom is 0.227 e. The van der Waals surface area contributed by atoms with Crippen molar-refractivity contribution < 1.29 is 9.47 Å². The SMILES string of the molecule is COc1ccc(CN2CCCC(N(C)c3nccc(N4CCOCC4)n3)C2)cc1. The fraction of sp³-hybridized carbons (Fsp3) is 0.545. The Hall–Kier alpha value is -2.38. The molecule has 3 heterocycles. The van der Waals surface area contributed by atoms with Crippen LogP contribution in [-0.4, -0.2) is 74.5 Å². The monoisotopic (exact) mass is 397 g/mol. The second kappa shape index (κ2) is 9.41. The van der Waals surface area contributed by atoms with Gasteiger partial charge in [-0.05, 0) is 43.1 Å². The van der Waals surface area contributed by atoms with E-state index < -0.39 is 0 Å². The van der Waals surface area contributed by atoms with Crippen LogP contribution in [0.15, 0.2) is 36.5 Å². The lowest BCUT2D eigenvalue weighted by molar-refractivity contribution is 0.122. The highest BCUT2D eigenvalue weighted by atomic mass is 16.5. The number of benzene rings is 1. The Morgan fingerprint density at radius 3 is 2.69 bits per heavy atom. The molecule has 7 heteroatoms. The molecular weight excluding hydrogens is 366 g/mol. The minimum absolute atomic E-state index is 0.418. The van der Waals surface area contributed by atoms with Gasteiger partial charge >= 0.3 is 0 Å². The second-order valence-electron chi connectivity index (χ2n) is 7.80. The van der Waals surface area contributed by atoms with Gasteiger partial charge in [-0.15, -0.1) is 0 Å². The third-order valence-corrected chi connectivity index (χ3v) is 5.87. The first-order chi connectivity index (χ1) is 14.2. The van der Waals surface area contributed by atoms with E-state index in [1.54, 1.807) is 7.11 Å². The van der Waals surface area contributed by atoms with Gasteiger partial charge in [-0.1, -0.05) is 12.1 Å². The molecule has 0 bridgehead atoms. The Labute approximate surface area is 173 Å². The molecular formula is C22H31N5O2. The molecule has 0 N–H and O–H groups in total. The highest BCUT2D eigenvalue weighted by molar-refractivity contribution is 5.44. The molecule has 0 amide bonds. The summed E-state index contributed by atoms with van der Waals surface area (Å²) >= 11 is 0. The number of nitrogens with zero attached hydrogens (tertiary/aromatic N) is 5. The summed E-state index contributed by atoms with van der Waals surface area (Å²) in [5, 5.41) is 0. The van der Waals surface area contributed by atoms with Crippen molar-refractivity contribution in [1.29, 1.82) is 0 Å². The molecule has 2 saturated heterocycles. The van der Waals surface area contributed by atoms with Crippen molar-refractivity contribution in [3.8, 4) is 5.75 Å². The molecule has 0 saturated carbocycles. The lowest BCUT2D eigenvalue weighted by atomic mass is 10.0. The molecule has 0 radical (unpaired) electrons. The fourth-order valence-electron chi connectivity index (χ4n) is 4.12. The number of likely N-dealkylation sites (N-methyl/N-ethyl adjacent to an activating group) is 1. The van der Waals surface area contributed by atoms with E-state index in [9.17, 15) is 0 Å². The largest absolute Gasteiger partial charge is 0.497 e. The molecule has 1 atom stereocenters. The van der Waals surface area contributed by atoms with Crippen molar-refractivity contribution >= 4 is 11.8 Å². The predicted molar refractivity (Wildman–Crippen MR) is 115 cm³/mol. The van der Waals surface area contributed by atoms with Gasteiger partial charge in [-0.3, -0.25) is 4.90 Å². The minimum atomic E-state index is 0.418. The van der Waals surface area contributed by atoms with E-state index in [1.807, 2.05) is 24.4 Å². The van der Waals surface area contributed by atoms with Crippen LogP contribution in [0.2, 0.25) is 0 Å². The van der Waals surface area contributed by atoms with Gasteiger partial charge in [-0.25, -0.2) is 4.98 Å². The van der Waals surface area contributed by atoms with Crippen LogP contribution in [0.3, 0.4) is 0 Å². The minimum Gasteiger partial charge on any atom is -0.497 e. The molecule has 156 valence electrons. The summed E-state index contributed by atoms with van der Waals surface area (Å²) < 4.78 is 10.7. The highest BCUT2D eigenvalue weighted by Gasteiger charge is 2.25. The van der Waals surface area contributed by atoms with E-state index in [1.165, 1.54) is 18.4 Å². The van der Waals surface area contributed by atoms with Crippen molar-refractivity contribution in [2.45, 2.75) is 25.4 Å². The van der Waals surface area contributed by atoms with Crippen LogP contribution in [-0.2, 0) is 11.3 Å². The Kier molecular flexibility index (Phi) is 6.46. The molecule has 4 rings (SSSR count). The number of ether oxygens (including phenoxy) is 2. The fourth-order valence-corrected chi connectivity index (χ4v) is 4.12. The molecule has 2 aliphatic rings. The molecule has 29 heavy (non-hydrogen) atoms. The first-order valence-electron chi connectivity index (χ1n) is 10.5. The zero-order valence-corrected chi connectivity index (χ0v) is 17.5. The van der Waals surface area contributed by atoms with Gasteiger partial charge in [0.15, 0.2) is 0 Å². The standard InChI is InChI=1S/C22H31N5O2/c1-25(22-23-10-9-21(24-22)27-12-14-29-15-13-27)19-4-3-11-26(17-19)16-18-5-7-20(28-2)8-6-18/h5-10,19H,3-4,11-17H2,1-2H3. The van der Waals surface area contributed by atoms with Gasteiger partial charge in [-0.2, -0.15) is 4.98 Å². The van der Waals surface area contributed by atoms with Gasteiger partial charge in [0.25, 0.3) is 0 Å². The van der Waals surface area contributed by atoms with Crippen LogP contribution in [0.25, 0.3) is 0 Å². The molecule has 7 nitrogen and oxygen atoms in total. The Bertz CT molecular complexity index is 779. The third kappa shape index (κ3) is 4.97. The summed E-state index contributed by atoms with van der Waals surface area (Å²) in [5.74, 6) is 2.71. The summed E-state index contributed by atoms with van der Waals surface area (Å²) in [4.78, 5) is 16.5. The Balaban J connectivity index is 1.39. The molecule has 1 unspecified atom stereocenters. The van der Waals surface area contributed by atoms with Crippen LogP contribution >= 0.6 is 0 Å². The molecule has 0 aliphatic carbocycles. The number of hydrogen-bond acceptors (Lipinski definition) is 7. The number of likely N-dealkylation sites (tertiary alicyclic amines) is 1. The smallest absolute Gasteiger partial charge is 0.227 e. The molecule has 0 spiro atoms. The van der Waals surface area contributed by atoms with Crippen LogP contribution < -0.4 is 14.5 Å². The van der Waals surface area contributed by atoms with E-state index in [0.29, 0.717) is 6.04 Å². The molecule has 1 aromatic carbocycles. The Morgan fingerprint density at radius 2 is 1.93 bits per heavy atom. The second-order valence-corrected chi connectivity index (χ2v) is 7.80. The van der Waals surface area contributed by atoms with Crippen LogP contribution in [0.4, 0.5) is 11.8 Å². The number of piperidine rings is 1. The average molecular weight is 398 g/mol. The predicted octanol–water partition coefficient (Wildman–Crippen LogP) is 2.42. The van der Waals surface area contributed by atoms with Gasteiger partial charge in [0, 0.05) is 45.5 Å². The van der Waals surface area contributed by atoms with E-state index in [-0.39, 0.29) is 0 Å². The van der Waals surface area contributed by atoms with Gasteiger partial charge in [0.1, 0.15) is 11.6 Å². The zero-order valence-electron chi connectivity index (χ0n) is 17.5. The van der Waals surface area contributed by atoms with Gasteiger partial charge in [0.05, 0.1) is 20.3 Å². The van der Waals surface area contributed by atoms with Crippen LogP contribution in [0.1, 0.15) is 18.4 Å². The van der Waals surface area contributed by atoms with E-state index in [4.69, 9.17) is 14.5 Å². The summed E-state index contributed by atoms with van der Waals surface area (Å²) in [6, 6.07) is 10.8. The van der Waals surface area contributed by atoms with E-state index in [2.05, 4.69) is 38.9 Å². The molecule has 2 aliphatic heterocycles. The number of methoxy groups -OCH3 is 1. The summed E-state index contributed by atoms with van der Waals surface area (Å²) in [6.45, 7) is 6.41. The summed E-state index contributed by atoms with van der Waals surface area (Å²) in [7, 11) is 3.83. The number of morpholine rings is 1. The maximum absolute atomic E-state index is 5.46. The summed E-state index contributed by atoms with van der Waals surface area (Å²) in [5.41, 5.74) is 1.32. The summed E-state index contributed by atoms with van der Waals surface area (Å²) in [6.07, 6.45) is 4.23. The van der Waals surface area contributed by atoms with Gasteiger partial charge in [0.2, 0.25) is 5.95 Å². The van der Waals surface area contributed by atoms with Crippen molar-refractivity contribution in [2.24, 2.45) is 0 Å². The topological polar surface area (TPSA) is 54.0 Å². The lowest BCUT2D eigenvalue weighted by Crippen LogP contribution is -2.47. The van der Waals surface area contributed by atoms with Gasteiger partial charge < -0.3 is 19.3 Å². The number of hydrogen-bond donors (Lipinski definition) is 0. The maximum atomic E-state index is 5.46. The lowest BCUT2D eigenvalue weighted by Gasteiger charge is -2.38. The Morgan fingerprint density at radius 1 is 1.14 bits per heavy atom. The first kappa shape index (κ1) is 19.9. The first-order valence-corrected chi connectivity index (χ1v) is 10.5. The molecule has 2 aromatic rings. The third-order valence-electron chi connectivity index (χ3n) is 5.87. The molecule has 1 aromatic heterocycles. The van der Waals surface area contributed by atoms with Crippen molar-refractivity contribution in [3.63, 3.8) is 0 Å². The average Bonchev–Trinajstić information content (AvgIpc) is 2.80. The van der Waals surface area contributed by atoms with Crippen LogP contribution in [0, 0.1) is 0 Å². The number of rotatable bonds is 6. The zero-order chi connectivity index (χ0) is 20.1. The molecule has 2 fully saturated rings. The van der Waals surface area contributed by atoms with Crippen molar-refractivity contribution in [2.75, 3.05) is 63.4 Å². The van der Waals surface area contributed by atoms with E-state index in [0.717, 1.165) is 63.5 Å². The van der Waals surface area contributed by atoms with Crippen LogP contribution in [0.5, 0.6) is 5.75 Å². The van der Waals surface area contributed by atoms with Crippen molar-refractivity contribution in [3.05, 3.63) is 42.1 Å². The quantitative estimate of drug-likeness (QED) is 0.742. The normalized spacial score (nSPS) is 20.5. The van der Waals surface area contributed by atoms with Crippen molar-refractivity contribution in [1.82, 2.24) is 14.9 Å². The van der Waals surface area contributed by atoms with E-state index >= 15 is 0 Å². The number of anilines is 2.